The maximum Gasteiger partial charge on any atom is 0.0863 e. The van der Waals surface area contributed by atoms with Crippen molar-refractivity contribution in [2.24, 2.45) is 5.73 Å². The quantitative estimate of drug-likeness (QED) is 0.783. The number of hydrogen-bond acceptors (Lipinski definition) is 6. The monoisotopic (exact) mass is 198 g/mol. The van der Waals surface area contributed by atoms with Crippen molar-refractivity contribution in [2.45, 2.75) is 6.04 Å². The van der Waals surface area contributed by atoms with Crippen LogP contribution >= 0.6 is 23.1 Å². The van der Waals surface area contributed by atoms with Gasteiger partial charge in [-0.2, -0.15) is 4.37 Å². The molecule has 6 heteroatoms. The van der Waals surface area contributed by atoms with E-state index < -0.39 is 0 Å². The third kappa shape index (κ3) is 1.36. The summed E-state index contributed by atoms with van der Waals surface area (Å²) in [5.41, 5.74) is 6.76. The van der Waals surface area contributed by atoms with Crippen LogP contribution in [0.2, 0.25) is 0 Å². The van der Waals surface area contributed by atoms with Gasteiger partial charge >= 0.3 is 0 Å². The Bertz CT molecular complexity index is 294. The molecule has 0 aliphatic carbocycles. The van der Waals surface area contributed by atoms with Crippen molar-refractivity contribution in [1.82, 2.24) is 14.0 Å². The number of nitrogens with zero attached hydrogens (tertiary/aromatic N) is 3. The first kappa shape index (κ1) is 7.78. The molecule has 1 atom stereocenters. The van der Waals surface area contributed by atoms with Crippen LogP contribution in [0.15, 0.2) is 17.6 Å². The molecule has 0 amide bonds. The number of hydrogen-bond donors (Lipinski definition) is 1. The van der Waals surface area contributed by atoms with Gasteiger partial charge < -0.3 is 5.73 Å². The molecule has 1 unspecified atom stereocenters. The van der Waals surface area contributed by atoms with Gasteiger partial charge in [0.05, 0.1) is 22.8 Å². The fraction of sp³-hybridized carbons (Fsp3) is 0.167. The number of rotatable bonds is 2. The smallest absolute Gasteiger partial charge is 0.0863 e. The summed E-state index contributed by atoms with van der Waals surface area (Å²) >= 11 is 2.71. The van der Waals surface area contributed by atoms with Crippen molar-refractivity contribution in [3.05, 3.63) is 28.2 Å². The van der Waals surface area contributed by atoms with Crippen molar-refractivity contribution in [3.63, 3.8) is 0 Å². The minimum atomic E-state index is -0.170. The largest absolute Gasteiger partial charge is 0.318 e. The molecule has 12 heavy (non-hydrogen) atoms. The van der Waals surface area contributed by atoms with Crippen LogP contribution in [0.25, 0.3) is 0 Å². The third-order valence-electron chi connectivity index (χ3n) is 1.46. The van der Waals surface area contributed by atoms with E-state index in [4.69, 9.17) is 5.73 Å². The zero-order chi connectivity index (χ0) is 8.39. The second-order valence-corrected chi connectivity index (χ2v) is 3.70. The van der Waals surface area contributed by atoms with Crippen LogP contribution in [0.5, 0.6) is 0 Å². The van der Waals surface area contributed by atoms with Gasteiger partial charge in [-0.05, 0) is 29.1 Å². The van der Waals surface area contributed by atoms with Gasteiger partial charge in [0.15, 0.2) is 0 Å². The Morgan fingerprint density at radius 2 is 2.42 bits per heavy atom. The normalized spacial score (nSPS) is 13.1. The van der Waals surface area contributed by atoms with Crippen LogP contribution in [-0.2, 0) is 0 Å². The zero-order valence-corrected chi connectivity index (χ0v) is 7.68. The maximum atomic E-state index is 5.88. The van der Waals surface area contributed by atoms with Gasteiger partial charge in [0.2, 0.25) is 0 Å². The molecule has 2 N–H and O–H groups in total. The average Bonchev–Trinajstić information content (AvgIpc) is 2.77. The molecule has 0 bridgehead atoms. The lowest BCUT2D eigenvalue weighted by molar-refractivity contribution is 0.862. The van der Waals surface area contributed by atoms with E-state index in [2.05, 4.69) is 14.0 Å². The molecule has 0 aromatic carbocycles. The molecule has 0 radical (unpaired) electrons. The molecule has 2 heterocycles. The van der Waals surface area contributed by atoms with Crippen LogP contribution in [0, 0.1) is 0 Å². The van der Waals surface area contributed by atoms with Crippen molar-refractivity contribution >= 4 is 23.1 Å². The molecule has 4 nitrogen and oxygen atoms in total. The molecule has 62 valence electrons. The highest BCUT2D eigenvalue weighted by molar-refractivity contribution is 7.05. The summed E-state index contributed by atoms with van der Waals surface area (Å²) in [5.74, 6) is 0. The first-order valence-electron chi connectivity index (χ1n) is 3.31. The van der Waals surface area contributed by atoms with Gasteiger partial charge in [-0.25, -0.2) is 0 Å². The van der Waals surface area contributed by atoms with Gasteiger partial charge in [-0.15, -0.1) is 5.10 Å². The fourth-order valence-electron chi connectivity index (χ4n) is 0.840. The van der Waals surface area contributed by atoms with Gasteiger partial charge in [-0.3, -0.25) is 0 Å². The van der Waals surface area contributed by atoms with Crippen molar-refractivity contribution in [2.75, 3.05) is 0 Å². The first-order chi connectivity index (χ1) is 5.88. The van der Waals surface area contributed by atoms with Crippen LogP contribution in [-0.4, -0.2) is 14.0 Å². The Morgan fingerprint density at radius 1 is 1.50 bits per heavy atom. The lowest BCUT2D eigenvalue weighted by atomic mass is 10.2. The lowest BCUT2D eigenvalue weighted by Crippen LogP contribution is -2.10. The van der Waals surface area contributed by atoms with E-state index in [9.17, 15) is 0 Å². The van der Waals surface area contributed by atoms with E-state index in [1.807, 2.05) is 11.4 Å². The molecule has 2 aromatic rings. The standard InChI is InChI=1S/C6H6N4S2/c7-6(4-1-2-11-9-4)5-3-8-10-12-5/h1-3,6H,7H2. The molecule has 0 saturated heterocycles. The summed E-state index contributed by atoms with van der Waals surface area (Å²) in [4.78, 5) is 0.945. The predicted octanol–water partition coefficient (Wildman–Crippen LogP) is 1.04. The average molecular weight is 198 g/mol. The molecule has 2 aromatic heterocycles. The van der Waals surface area contributed by atoms with Crippen LogP contribution in [0.4, 0.5) is 0 Å². The summed E-state index contributed by atoms with van der Waals surface area (Å²) < 4.78 is 7.88. The van der Waals surface area contributed by atoms with E-state index in [0.29, 0.717) is 0 Å². The van der Waals surface area contributed by atoms with Gasteiger partial charge in [0, 0.05) is 5.38 Å². The first-order valence-corrected chi connectivity index (χ1v) is 4.92. The number of aromatic nitrogens is 3. The molecule has 2 rings (SSSR count). The molecule has 0 fully saturated rings. The fourth-order valence-corrected chi connectivity index (χ4v) is 1.91. The summed E-state index contributed by atoms with van der Waals surface area (Å²) in [5, 5.41) is 5.62. The van der Waals surface area contributed by atoms with Gasteiger partial charge in [0.25, 0.3) is 0 Å². The highest BCUT2D eigenvalue weighted by Gasteiger charge is 2.12. The Labute approximate surface area is 77.4 Å². The van der Waals surface area contributed by atoms with Crippen molar-refractivity contribution in [1.29, 1.82) is 0 Å². The molecule has 0 spiro atoms. The summed E-state index contributed by atoms with van der Waals surface area (Å²) in [6.07, 6.45) is 1.68. The summed E-state index contributed by atoms with van der Waals surface area (Å²) in [6.45, 7) is 0. The molecule has 0 aliphatic rings. The van der Waals surface area contributed by atoms with E-state index >= 15 is 0 Å². The Kier molecular flexibility index (Phi) is 2.11. The highest BCUT2D eigenvalue weighted by Crippen LogP contribution is 2.20. The second kappa shape index (κ2) is 3.26. The SMILES string of the molecule is NC(c1ccsn1)c1cnns1. The lowest BCUT2D eigenvalue weighted by Gasteiger charge is -2.02. The minimum absolute atomic E-state index is 0.170. The van der Waals surface area contributed by atoms with Crippen LogP contribution in [0.1, 0.15) is 16.6 Å². The Balaban J connectivity index is 2.27. The van der Waals surface area contributed by atoms with E-state index in [-0.39, 0.29) is 6.04 Å². The van der Waals surface area contributed by atoms with Gasteiger partial charge in [-0.1, -0.05) is 4.49 Å². The van der Waals surface area contributed by atoms with E-state index in [1.54, 1.807) is 6.20 Å². The molecule has 0 saturated carbocycles. The Morgan fingerprint density at radius 3 is 3.00 bits per heavy atom. The highest BCUT2D eigenvalue weighted by atomic mass is 32.1. The molecule has 0 aliphatic heterocycles. The van der Waals surface area contributed by atoms with Crippen molar-refractivity contribution in [3.8, 4) is 0 Å². The third-order valence-corrected chi connectivity index (χ3v) is 2.78. The maximum absolute atomic E-state index is 5.88. The molecular weight excluding hydrogens is 192 g/mol. The summed E-state index contributed by atoms with van der Waals surface area (Å²) in [6, 6.07) is 1.74. The molecular formula is C6H6N4S2. The minimum Gasteiger partial charge on any atom is -0.318 e. The van der Waals surface area contributed by atoms with E-state index in [0.717, 1.165) is 10.6 Å². The van der Waals surface area contributed by atoms with E-state index in [1.165, 1.54) is 23.1 Å². The van der Waals surface area contributed by atoms with Crippen LogP contribution < -0.4 is 5.73 Å². The Hall–Kier alpha value is -0.850. The van der Waals surface area contributed by atoms with Crippen molar-refractivity contribution < 1.29 is 0 Å². The zero-order valence-electron chi connectivity index (χ0n) is 6.04. The predicted molar refractivity (Wildman–Crippen MR) is 48.1 cm³/mol. The van der Waals surface area contributed by atoms with Crippen LogP contribution in [0.3, 0.4) is 0 Å². The topological polar surface area (TPSA) is 64.7 Å². The summed E-state index contributed by atoms with van der Waals surface area (Å²) in [7, 11) is 0. The second-order valence-electron chi connectivity index (χ2n) is 2.22. The van der Waals surface area contributed by atoms with Gasteiger partial charge in [0.1, 0.15) is 0 Å². The number of nitrogens with two attached hydrogens (primary N) is 1.